The summed E-state index contributed by atoms with van der Waals surface area (Å²) in [5.74, 6) is -0.724. The van der Waals surface area contributed by atoms with Crippen LogP contribution in [0.4, 0.5) is 4.39 Å². The van der Waals surface area contributed by atoms with E-state index < -0.39 is 5.82 Å². The number of rotatable bonds is 2. The number of aryl methyl sites for hydroxylation is 1. The van der Waals surface area contributed by atoms with Crippen molar-refractivity contribution in [3.63, 3.8) is 0 Å². The summed E-state index contributed by atoms with van der Waals surface area (Å²) >= 11 is 0. The molecule has 0 aromatic heterocycles. The molecule has 0 unspecified atom stereocenters. The van der Waals surface area contributed by atoms with E-state index in [1.165, 1.54) is 6.07 Å². The van der Waals surface area contributed by atoms with E-state index >= 15 is 0 Å². The first kappa shape index (κ1) is 21.4. The highest BCUT2D eigenvalue weighted by molar-refractivity contribution is 5.85. The molecule has 2 rings (SSSR count). The molecule has 1 fully saturated rings. The van der Waals surface area contributed by atoms with Crippen molar-refractivity contribution in [1.29, 1.82) is 0 Å². The topological polar surface area (TPSA) is 35.5 Å². The molecule has 1 saturated heterocycles. The summed E-state index contributed by atoms with van der Waals surface area (Å²) in [4.78, 5) is 2.34. The van der Waals surface area contributed by atoms with Crippen molar-refractivity contribution in [2.24, 2.45) is 5.41 Å². The quantitative estimate of drug-likeness (QED) is 0.852. The van der Waals surface area contributed by atoms with Gasteiger partial charge in [-0.05, 0) is 24.0 Å². The van der Waals surface area contributed by atoms with Crippen LogP contribution in [0.15, 0.2) is 12.1 Å². The highest BCUT2D eigenvalue weighted by atomic mass is 35.5. The van der Waals surface area contributed by atoms with E-state index in [4.69, 9.17) is 0 Å². The summed E-state index contributed by atoms with van der Waals surface area (Å²) in [7, 11) is 0. The van der Waals surface area contributed by atoms with Crippen LogP contribution in [0.3, 0.4) is 0 Å². The van der Waals surface area contributed by atoms with Gasteiger partial charge in [0.2, 0.25) is 0 Å². The molecule has 1 aromatic carbocycles. The van der Waals surface area contributed by atoms with Crippen LogP contribution in [0.5, 0.6) is 5.75 Å². The summed E-state index contributed by atoms with van der Waals surface area (Å²) in [5.41, 5.74) is 1.48. The molecule has 0 spiro atoms. The monoisotopic (exact) mass is 352 g/mol. The van der Waals surface area contributed by atoms with Gasteiger partial charge in [0, 0.05) is 37.8 Å². The number of hydrogen-bond acceptors (Lipinski definition) is 3. The maximum absolute atomic E-state index is 13.9. The molecule has 2 N–H and O–H groups in total. The fraction of sp³-hybridized carbons (Fsp3) is 0.625. The van der Waals surface area contributed by atoms with E-state index in [1.54, 1.807) is 0 Å². The van der Waals surface area contributed by atoms with Crippen molar-refractivity contribution >= 4 is 24.8 Å². The lowest BCUT2D eigenvalue weighted by Crippen LogP contribution is -2.48. The van der Waals surface area contributed by atoms with E-state index in [9.17, 15) is 9.50 Å². The third kappa shape index (κ3) is 4.72. The lowest BCUT2D eigenvalue weighted by Gasteiger charge is -2.42. The van der Waals surface area contributed by atoms with Crippen LogP contribution < -0.4 is 5.32 Å². The van der Waals surface area contributed by atoms with Crippen LogP contribution >= 0.6 is 24.8 Å². The fourth-order valence-electron chi connectivity index (χ4n) is 3.12. The zero-order chi connectivity index (χ0) is 14.9. The number of phenols is 1. The molecule has 1 atom stereocenters. The standard InChI is InChI=1S/C16H25FN2O.2ClH/c1-11-9-12(14(20)13(17)10-11)15(16(2,3)4)19-7-5-18-6-8-19;;/h9-10,15,18,20H,5-8H2,1-4H3;2*1H/t15-;;/m1../s1. The Kier molecular flexibility index (Phi) is 8.14. The van der Waals surface area contributed by atoms with Gasteiger partial charge in [-0.15, -0.1) is 24.8 Å². The SMILES string of the molecule is Cc1cc(F)c(O)c([C@@H](N2CCNCC2)C(C)(C)C)c1.Cl.Cl. The van der Waals surface area contributed by atoms with Crippen molar-refractivity contribution in [2.45, 2.75) is 33.7 Å². The van der Waals surface area contributed by atoms with E-state index in [-0.39, 0.29) is 42.0 Å². The zero-order valence-electron chi connectivity index (χ0n) is 13.6. The second-order valence-electron chi connectivity index (χ2n) is 6.74. The molecule has 128 valence electrons. The Morgan fingerprint density at radius 1 is 1.18 bits per heavy atom. The Labute approximate surface area is 145 Å². The third-order valence-electron chi connectivity index (χ3n) is 3.87. The second-order valence-corrected chi connectivity index (χ2v) is 6.74. The molecule has 0 saturated carbocycles. The number of piperazine rings is 1. The number of hydrogen-bond donors (Lipinski definition) is 2. The first-order valence-corrected chi connectivity index (χ1v) is 7.24. The van der Waals surface area contributed by atoms with Crippen LogP contribution in [0.25, 0.3) is 0 Å². The van der Waals surface area contributed by atoms with Crippen molar-refractivity contribution in [3.8, 4) is 5.75 Å². The van der Waals surface area contributed by atoms with Crippen LogP contribution in [-0.4, -0.2) is 36.2 Å². The highest BCUT2D eigenvalue weighted by Gasteiger charge is 2.35. The molecule has 1 heterocycles. The molecule has 0 amide bonds. The molecular formula is C16H27Cl2FN2O. The Balaban J connectivity index is 0.00000220. The first-order chi connectivity index (χ1) is 9.30. The Bertz CT molecular complexity index is 486. The van der Waals surface area contributed by atoms with Gasteiger partial charge in [0.05, 0.1) is 0 Å². The number of phenolic OH excluding ortho intramolecular Hbond substituents is 1. The molecule has 1 aromatic rings. The molecule has 3 nitrogen and oxygen atoms in total. The minimum atomic E-state index is -0.524. The highest BCUT2D eigenvalue weighted by Crippen LogP contribution is 2.42. The lowest BCUT2D eigenvalue weighted by molar-refractivity contribution is 0.0838. The molecular weight excluding hydrogens is 326 g/mol. The Morgan fingerprint density at radius 3 is 2.23 bits per heavy atom. The Hall–Kier alpha value is -0.550. The summed E-state index contributed by atoms with van der Waals surface area (Å²) in [6.07, 6.45) is 0. The predicted molar refractivity (Wildman–Crippen MR) is 93.9 cm³/mol. The predicted octanol–water partition coefficient (Wildman–Crippen LogP) is 3.68. The molecule has 1 aliphatic rings. The maximum atomic E-state index is 13.9. The van der Waals surface area contributed by atoms with E-state index in [0.717, 1.165) is 31.7 Å². The summed E-state index contributed by atoms with van der Waals surface area (Å²) in [6, 6.07) is 3.31. The van der Waals surface area contributed by atoms with Gasteiger partial charge in [0.15, 0.2) is 11.6 Å². The van der Waals surface area contributed by atoms with Gasteiger partial charge in [-0.2, -0.15) is 0 Å². The van der Waals surface area contributed by atoms with Gasteiger partial charge in [0.1, 0.15) is 0 Å². The van der Waals surface area contributed by atoms with Gasteiger partial charge >= 0.3 is 0 Å². The van der Waals surface area contributed by atoms with Gasteiger partial charge in [-0.25, -0.2) is 4.39 Å². The number of benzene rings is 1. The first-order valence-electron chi connectivity index (χ1n) is 7.24. The smallest absolute Gasteiger partial charge is 0.165 e. The molecule has 0 aliphatic carbocycles. The molecule has 1 aliphatic heterocycles. The average Bonchev–Trinajstić information content (AvgIpc) is 2.35. The lowest BCUT2D eigenvalue weighted by atomic mass is 9.80. The number of nitrogens with one attached hydrogen (secondary N) is 1. The van der Waals surface area contributed by atoms with Gasteiger partial charge in [0.25, 0.3) is 0 Å². The normalized spacial score (nSPS) is 17.3. The number of aromatic hydroxyl groups is 1. The number of nitrogens with zero attached hydrogens (tertiary/aromatic N) is 1. The van der Waals surface area contributed by atoms with Crippen LogP contribution in [0.1, 0.15) is 37.9 Å². The van der Waals surface area contributed by atoms with Crippen LogP contribution in [-0.2, 0) is 0 Å². The van der Waals surface area contributed by atoms with E-state index in [1.807, 2.05) is 13.0 Å². The van der Waals surface area contributed by atoms with Gasteiger partial charge in [-0.3, -0.25) is 4.90 Å². The maximum Gasteiger partial charge on any atom is 0.165 e. The molecule has 22 heavy (non-hydrogen) atoms. The van der Waals surface area contributed by atoms with Crippen LogP contribution in [0, 0.1) is 18.2 Å². The van der Waals surface area contributed by atoms with Crippen LogP contribution in [0.2, 0.25) is 0 Å². The zero-order valence-corrected chi connectivity index (χ0v) is 15.3. The molecule has 0 bridgehead atoms. The average molecular weight is 353 g/mol. The van der Waals surface area contributed by atoms with Crippen molar-refractivity contribution in [1.82, 2.24) is 10.2 Å². The fourth-order valence-corrected chi connectivity index (χ4v) is 3.12. The summed E-state index contributed by atoms with van der Waals surface area (Å²) in [6.45, 7) is 12.0. The largest absolute Gasteiger partial charge is 0.505 e. The Morgan fingerprint density at radius 2 is 1.73 bits per heavy atom. The van der Waals surface area contributed by atoms with Crippen molar-refractivity contribution in [3.05, 3.63) is 29.1 Å². The van der Waals surface area contributed by atoms with Crippen molar-refractivity contribution in [2.75, 3.05) is 26.2 Å². The van der Waals surface area contributed by atoms with Gasteiger partial charge < -0.3 is 10.4 Å². The van der Waals surface area contributed by atoms with Crippen molar-refractivity contribution < 1.29 is 9.50 Å². The van der Waals surface area contributed by atoms with Gasteiger partial charge in [-0.1, -0.05) is 26.8 Å². The van der Waals surface area contributed by atoms with E-state index in [2.05, 4.69) is 31.0 Å². The summed E-state index contributed by atoms with van der Waals surface area (Å²) in [5, 5.41) is 13.5. The minimum Gasteiger partial charge on any atom is -0.505 e. The second kappa shape index (κ2) is 8.34. The van der Waals surface area contributed by atoms with E-state index in [0.29, 0.717) is 5.56 Å². The third-order valence-corrected chi connectivity index (χ3v) is 3.87. The molecule has 6 heteroatoms. The minimum absolute atomic E-state index is 0. The number of halogens is 3. The summed E-state index contributed by atoms with van der Waals surface area (Å²) < 4.78 is 13.9. The molecule has 0 radical (unpaired) electrons.